The van der Waals surface area contributed by atoms with Gasteiger partial charge in [-0.25, -0.2) is 9.48 Å². The second-order valence-electron chi connectivity index (χ2n) is 7.35. The van der Waals surface area contributed by atoms with Crippen LogP contribution < -0.4 is 0 Å². The lowest BCUT2D eigenvalue weighted by molar-refractivity contribution is -0.490. The van der Waals surface area contributed by atoms with E-state index in [0.717, 1.165) is 0 Å². The minimum absolute atomic E-state index is 0.332. The topological polar surface area (TPSA) is 100 Å². The summed E-state index contributed by atoms with van der Waals surface area (Å²) in [6.07, 6.45) is 0. The molecule has 0 amide bonds. The molecule has 0 N–H and O–H groups in total. The first-order valence-corrected chi connectivity index (χ1v) is 8.93. The van der Waals surface area contributed by atoms with E-state index in [0.29, 0.717) is 21.6 Å². The Kier molecular flexibility index (Phi) is 5.08. The fourth-order valence-corrected chi connectivity index (χ4v) is 3.10. The predicted molar refractivity (Wildman–Crippen MR) is 104 cm³/mol. The third kappa shape index (κ3) is 3.68. The largest absolute Gasteiger partial charge is 0.458 e. The van der Waals surface area contributed by atoms with E-state index in [9.17, 15) is 14.9 Å². The number of benzene rings is 2. The molecule has 0 unspecified atom stereocenters. The van der Waals surface area contributed by atoms with Gasteiger partial charge in [0.25, 0.3) is 0 Å². The molecule has 28 heavy (non-hydrogen) atoms. The Bertz CT molecular complexity index is 1030. The molecule has 3 aromatic rings. The van der Waals surface area contributed by atoms with Crippen molar-refractivity contribution in [3.63, 3.8) is 0 Å². The molecule has 0 aliphatic heterocycles. The number of halogens is 1. The quantitative estimate of drug-likeness (QED) is 0.368. The van der Waals surface area contributed by atoms with Gasteiger partial charge in [-0.1, -0.05) is 41.1 Å². The Labute approximate surface area is 166 Å². The maximum Gasteiger partial charge on any atom is 0.346 e. The number of aromatic nitrogens is 3. The fraction of sp³-hybridized carbons (Fsp3) is 0.316. The molecule has 0 bridgehead atoms. The lowest BCUT2D eigenvalue weighted by Gasteiger charge is -2.32. The van der Waals surface area contributed by atoms with Crippen LogP contribution in [0, 0.1) is 10.1 Å². The molecule has 0 saturated carbocycles. The van der Waals surface area contributed by atoms with E-state index in [2.05, 4.69) is 10.3 Å². The number of esters is 1. The number of rotatable bonds is 5. The molecule has 0 fully saturated rings. The van der Waals surface area contributed by atoms with Crippen LogP contribution in [0.5, 0.6) is 0 Å². The summed E-state index contributed by atoms with van der Waals surface area (Å²) in [7, 11) is 0. The Morgan fingerprint density at radius 3 is 2.43 bits per heavy atom. The number of hydrogen-bond acceptors (Lipinski definition) is 6. The highest BCUT2D eigenvalue weighted by Gasteiger charge is 2.52. The van der Waals surface area contributed by atoms with E-state index in [1.54, 1.807) is 69.3 Å². The summed E-state index contributed by atoms with van der Waals surface area (Å²) in [5, 5.41) is 20.3. The Hall–Kier alpha value is -3.00. The zero-order valence-electron chi connectivity index (χ0n) is 15.6. The molecule has 8 nitrogen and oxygen atoms in total. The molecule has 0 radical (unpaired) electrons. The maximum atomic E-state index is 13.4. The Morgan fingerprint density at radius 1 is 1.18 bits per heavy atom. The normalized spacial score (nSPS) is 13.9. The first-order chi connectivity index (χ1) is 13.1. The average molecular weight is 403 g/mol. The van der Waals surface area contributed by atoms with Gasteiger partial charge in [0.1, 0.15) is 11.1 Å². The van der Waals surface area contributed by atoms with Gasteiger partial charge in [-0.15, -0.1) is 5.10 Å². The molecule has 2 aromatic carbocycles. The van der Waals surface area contributed by atoms with Crippen molar-refractivity contribution >= 4 is 28.6 Å². The zero-order valence-corrected chi connectivity index (χ0v) is 16.4. The van der Waals surface area contributed by atoms with Crippen LogP contribution in [0.4, 0.5) is 0 Å². The van der Waals surface area contributed by atoms with E-state index in [4.69, 9.17) is 16.3 Å². The van der Waals surface area contributed by atoms with Crippen molar-refractivity contribution in [3.8, 4) is 0 Å². The highest BCUT2D eigenvalue weighted by atomic mass is 35.5. The van der Waals surface area contributed by atoms with Gasteiger partial charge >= 0.3 is 5.97 Å². The molecule has 0 aliphatic rings. The van der Waals surface area contributed by atoms with Crippen LogP contribution in [0.2, 0.25) is 5.02 Å². The highest BCUT2D eigenvalue weighted by Crippen LogP contribution is 2.33. The minimum atomic E-state index is -1.85. The summed E-state index contributed by atoms with van der Waals surface area (Å²) in [5.74, 6) is -0.797. The molecule has 1 aromatic heterocycles. The SMILES string of the molecule is CC(C)(C)OC(=O)[C@@](C[N+](=O)[O-])(c1ccc(Cl)cc1)n1nnc2ccccc21. The molecular formula is C19H19ClN4O4. The van der Waals surface area contributed by atoms with Crippen LogP contribution in [-0.2, 0) is 15.1 Å². The molecular weight excluding hydrogens is 384 g/mol. The van der Waals surface area contributed by atoms with Crippen LogP contribution in [-0.4, -0.2) is 38.0 Å². The van der Waals surface area contributed by atoms with Crippen LogP contribution in [0.15, 0.2) is 48.5 Å². The van der Waals surface area contributed by atoms with Crippen LogP contribution >= 0.6 is 11.6 Å². The van der Waals surface area contributed by atoms with Crippen LogP contribution in [0.3, 0.4) is 0 Å². The lowest BCUT2D eigenvalue weighted by Crippen LogP contribution is -2.52. The summed E-state index contributed by atoms with van der Waals surface area (Å²) >= 11 is 5.99. The number of carbonyl (C=O) groups is 1. The Morgan fingerprint density at radius 2 is 1.82 bits per heavy atom. The average Bonchev–Trinajstić information content (AvgIpc) is 3.03. The molecule has 0 aliphatic carbocycles. The summed E-state index contributed by atoms with van der Waals surface area (Å²) in [4.78, 5) is 24.5. The number of hydrogen-bond donors (Lipinski definition) is 0. The summed E-state index contributed by atoms with van der Waals surface area (Å²) < 4.78 is 6.86. The highest BCUT2D eigenvalue weighted by molar-refractivity contribution is 6.30. The van der Waals surface area contributed by atoms with Gasteiger partial charge in [0.2, 0.25) is 12.1 Å². The Balaban J connectivity index is 2.33. The third-order valence-corrected chi connectivity index (χ3v) is 4.38. The second-order valence-corrected chi connectivity index (χ2v) is 7.79. The van der Waals surface area contributed by atoms with Crippen molar-refractivity contribution in [1.82, 2.24) is 15.0 Å². The van der Waals surface area contributed by atoms with Crippen molar-refractivity contribution in [2.75, 3.05) is 6.54 Å². The summed E-state index contributed by atoms with van der Waals surface area (Å²) in [6, 6.07) is 13.2. The van der Waals surface area contributed by atoms with Crippen LogP contribution in [0.25, 0.3) is 11.0 Å². The van der Waals surface area contributed by atoms with E-state index in [1.165, 1.54) is 4.68 Å². The lowest BCUT2D eigenvalue weighted by atomic mass is 9.89. The molecule has 1 atom stereocenters. The number of nitro groups is 1. The van der Waals surface area contributed by atoms with Crippen molar-refractivity contribution < 1.29 is 14.5 Å². The van der Waals surface area contributed by atoms with Crippen molar-refractivity contribution in [3.05, 3.63) is 69.2 Å². The van der Waals surface area contributed by atoms with E-state index in [1.807, 2.05) is 0 Å². The van der Waals surface area contributed by atoms with Gasteiger partial charge in [-0.05, 0) is 50.6 Å². The minimum Gasteiger partial charge on any atom is -0.458 e. The van der Waals surface area contributed by atoms with Crippen molar-refractivity contribution in [2.24, 2.45) is 0 Å². The first kappa shape index (κ1) is 19.8. The maximum absolute atomic E-state index is 13.4. The van der Waals surface area contributed by atoms with E-state index < -0.39 is 28.6 Å². The van der Waals surface area contributed by atoms with E-state index >= 15 is 0 Å². The first-order valence-electron chi connectivity index (χ1n) is 8.56. The number of ether oxygens (including phenoxy) is 1. The molecule has 0 saturated heterocycles. The number of para-hydroxylation sites is 1. The second kappa shape index (κ2) is 7.20. The molecule has 146 valence electrons. The van der Waals surface area contributed by atoms with Gasteiger partial charge in [-0.3, -0.25) is 10.1 Å². The van der Waals surface area contributed by atoms with E-state index in [-0.39, 0.29) is 0 Å². The van der Waals surface area contributed by atoms with Crippen LogP contribution in [0.1, 0.15) is 26.3 Å². The van der Waals surface area contributed by atoms with Crippen molar-refractivity contribution in [1.29, 1.82) is 0 Å². The molecule has 0 spiro atoms. The third-order valence-electron chi connectivity index (χ3n) is 4.13. The zero-order chi connectivity index (χ0) is 20.5. The molecule has 1 heterocycles. The monoisotopic (exact) mass is 402 g/mol. The molecule has 3 rings (SSSR count). The summed E-state index contributed by atoms with van der Waals surface area (Å²) in [5.41, 5.74) is -1.39. The molecule has 9 heteroatoms. The van der Waals surface area contributed by atoms with Gasteiger partial charge in [0.05, 0.1) is 5.52 Å². The number of carbonyl (C=O) groups excluding carboxylic acids is 1. The van der Waals surface area contributed by atoms with Gasteiger partial charge < -0.3 is 4.74 Å². The predicted octanol–water partition coefficient (Wildman–Crippen LogP) is 3.45. The smallest absolute Gasteiger partial charge is 0.346 e. The van der Waals surface area contributed by atoms with Crippen molar-refractivity contribution in [2.45, 2.75) is 31.9 Å². The summed E-state index contributed by atoms with van der Waals surface area (Å²) in [6.45, 7) is 4.33. The van der Waals surface area contributed by atoms with Gasteiger partial charge in [-0.2, -0.15) is 0 Å². The number of fused-ring (bicyclic) bond motifs is 1. The fourth-order valence-electron chi connectivity index (χ4n) is 2.98. The standard InChI is InChI=1S/C19H19ClN4O4/c1-18(2,3)28-17(25)19(12-23(26)27,13-8-10-14(20)11-9-13)24-16-7-5-4-6-15(16)21-22-24/h4-11H,12H2,1-3H3/t19-/m1/s1. The number of nitrogens with zero attached hydrogens (tertiary/aromatic N) is 4. The van der Waals surface area contributed by atoms with Gasteiger partial charge in [0.15, 0.2) is 0 Å². The van der Waals surface area contributed by atoms with Gasteiger partial charge in [0, 0.05) is 9.95 Å².